The highest BCUT2D eigenvalue weighted by Gasteiger charge is 2.28. The van der Waals surface area contributed by atoms with Gasteiger partial charge in [-0.2, -0.15) is 4.98 Å². The standard InChI is InChI=1S/C28H35ClN6O3S/c1-17(2)39(36,37)26-7-5-4-6-22(26)33-27-20(29)16-31-28(35-27)34-24-15-23-19(14-25(24)38-3)8-9-21(32-23)18-10-12-30-13-11-18/h4-7,14-18,21,30,32H,8-13H2,1-3H3,(H2,31,33,34,35). The van der Waals surface area contributed by atoms with Crippen LogP contribution in [0, 0.1) is 5.92 Å². The lowest BCUT2D eigenvalue weighted by Gasteiger charge is -2.36. The summed E-state index contributed by atoms with van der Waals surface area (Å²) in [5.74, 6) is 1.95. The molecule has 4 N–H and O–H groups in total. The molecule has 3 aromatic rings. The number of ether oxygens (including phenoxy) is 1. The first-order valence-electron chi connectivity index (χ1n) is 13.3. The Hall–Kier alpha value is -3.08. The van der Waals surface area contributed by atoms with Crippen molar-refractivity contribution in [3.05, 3.63) is 53.2 Å². The number of methoxy groups -OCH3 is 1. The van der Waals surface area contributed by atoms with E-state index >= 15 is 0 Å². The van der Waals surface area contributed by atoms with Crippen molar-refractivity contribution in [2.45, 2.75) is 55.7 Å². The average Bonchev–Trinajstić information content (AvgIpc) is 2.94. The number of hydrogen-bond donors (Lipinski definition) is 4. The van der Waals surface area contributed by atoms with Crippen LogP contribution in [0.15, 0.2) is 47.5 Å². The molecule has 3 heterocycles. The Morgan fingerprint density at radius 2 is 1.85 bits per heavy atom. The summed E-state index contributed by atoms with van der Waals surface area (Å²) >= 11 is 6.42. The number of halogens is 1. The van der Waals surface area contributed by atoms with Crippen LogP contribution in [-0.2, 0) is 16.3 Å². The number of para-hydroxylation sites is 1. The average molecular weight is 571 g/mol. The maximum atomic E-state index is 12.9. The third-order valence-corrected chi connectivity index (χ3v) is 9.99. The molecule has 0 aliphatic carbocycles. The molecule has 0 bridgehead atoms. The third kappa shape index (κ3) is 5.92. The summed E-state index contributed by atoms with van der Waals surface area (Å²) in [6, 6.07) is 11.3. The van der Waals surface area contributed by atoms with Crippen LogP contribution in [0.2, 0.25) is 5.02 Å². The van der Waals surface area contributed by atoms with E-state index in [1.807, 2.05) is 0 Å². The lowest BCUT2D eigenvalue weighted by atomic mass is 9.84. The Labute approximate surface area is 235 Å². The number of nitrogens with zero attached hydrogens (tertiary/aromatic N) is 2. The van der Waals surface area contributed by atoms with Gasteiger partial charge in [-0.3, -0.25) is 0 Å². The molecular weight excluding hydrogens is 536 g/mol. The van der Waals surface area contributed by atoms with E-state index in [9.17, 15) is 8.42 Å². The molecule has 0 saturated carbocycles. The zero-order chi connectivity index (χ0) is 27.6. The van der Waals surface area contributed by atoms with E-state index in [-0.39, 0.29) is 9.92 Å². The summed E-state index contributed by atoms with van der Waals surface area (Å²) in [5.41, 5.74) is 3.45. The third-order valence-electron chi connectivity index (χ3n) is 7.50. The van der Waals surface area contributed by atoms with Crippen molar-refractivity contribution < 1.29 is 13.2 Å². The van der Waals surface area contributed by atoms with E-state index in [4.69, 9.17) is 16.3 Å². The molecule has 1 atom stereocenters. The minimum Gasteiger partial charge on any atom is -0.495 e. The Bertz CT molecular complexity index is 1440. The van der Waals surface area contributed by atoms with Crippen molar-refractivity contribution in [3.8, 4) is 5.75 Å². The molecule has 0 amide bonds. The number of hydrogen-bond acceptors (Lipinski definition) is 9. The lowest BCUT2D eigenvalue weighted by molar-refractivity contribution is 0.318. The fraction of sp³-hybridized carbons (Fsp3) is 0.429. The Kier molecular flexibility index (Phi) is 8.16. The molecule has 0 radical (unpaired) electrons. The molecule has 0 spiro atoms. The van der Waals surface area contributed by atoms with Crippen LogP contribution in [0.5, 0.6) is 5.75 Å². The van der Waals surface area contributed by atoms with Crippen LogP contribution in [0.1, 0.15) is 38.7 Å². The van der Waals surface area contributed by atoms with E-state index in [0.29, 0.717) is 35.2 Å². The molecule has 1 fully saturated rings. The highest BCUT2D eigenvalue weighted by atomic mass is 35.5. The van der Waals surface area contributed by atoms with Gasteiger partial charge in [0.15, 0.2) is 15.7 Å². The maximum Gasteiger partial charge on any atom is 0.229 e. The van der Waals surface area contributed by atoms with Crippen LogP contribution >= 0.6 is 11.6 Å². The van der Waals surface area contributed by atoms with Crippen LogP contribution in [-0.4, -0.2) is 49.9 Å². The molecule has 9 nitrogen and oxygen atoms in total. The Morgan fingerprint density at radius 3 is 2.59 bits per heavy atom. The highest BCUT2D eigenvalue weighted by molar-refractivity contribution is 7.92. The summed E-state index contributed by atoms with van der Waals surface area (Å²) in [6.45, 7) is 5.45. The summed E-state index contributed by atoms with van der Waals surface area (Å²) in [5, 5.41) is 13.3. The minimum absolute atomic E-state index is 0.190. The van der Waals surface area contributed by atoms with Crippen molar-refractivity contribution in [2.24, 2.45) is 5.92 Å². The second-order valence-electron chi connectivity index (χ2n) is 10.3. The van der Waals surface area contributed by atoms with Crippen LogP contribution in [0.4, 0.5) is 28.8 Å². The predicted octanol–water partition coefficient (Wildman–Crippen LogP) is 5.53. The fourth-order valence-corrected chi connectivity index (χ4v) is 6.59. The molecule has 2 aliphatic heterocycles. The number of rotatable bonds is 8. The number of anilines is 5. The van der Waals surface area contributed by atoms with Gasteiger partial charge in [0.25, 0.3) is 0 Å². The van der Waals surface area contributed by atoms with Gasteiger partial charge < -0.3 is 26.0 Å². The Balaban J connectivity index is 1.40. The first kappa shape index (κ1) is 27.5. The maximum absolute atomic E-state index is 12.9. The van der Waals surface area contributed by atoms with Gasteiger partial charge in [-0.05, 0) is 88.4 Å². The van der Waals surface area contributed by atoms with Gasteiger partial charge in [0.2, 0.25) is 5.95 Å². The molecule has 2 aromatic carbocycles. The fourth-order valence-electron chi connectivity index (χ4n) is 5.25. The second-order valence-corrected chi connectivity index (χ2v) is 13.2. The number of nitrogens with one attached hydrogen (secondary N) is 4. The quantitative estimate of drug-likeness (QED) is 0.277. The Morgan fingerprint density at radius 1 is 1.08 bits per heavy atom. The van der Waals surface area contributed by atoms with E-state index in [0.717, 1.165) is 37.3 Å². The summed E-state index contributed by atoms with van der Waals surface area (Å²) < 4.78 is 31.5. The van der Waals surface area contributed by atoms with Gasteiger partial charge in [-0.15, -0.1) is 0 Å². The van der Waals surface area contributed by atoms with Gasteiger partial charge in [0.05, 0.1) is 34.8 Å². The topological polar surface area (TPSA) is 117 Å². The van der Waals surface area contributed by atoms with Gasteiger partial charge in [-0.25, -0.2) is 13.4 Å². The van der Waals surface area contributed by atoms with Crippen molar-refractivity contribution in [3.63, 3.8) is 0 Å². The van der Waals surface area contributed by atoms with Crippen molar-refractivity contribution >= 4 is 50.3 Å². The highest BCUT2D eigenvalue weighted by Crippen LogP contribution is 2.39. The molecule has 208 valence electrons. The molecule has 1 saturated heterocycles. The summed E-state index contributed by atoms with van der Waals surface area (Å²) in [6.07, 6.45) is 5.96. The first-order valence-corrected chi connectivity index (χ1v) is 15.3. The van der Waals surface area contributed by atoms with Gasteiger partial charge in [0, 0.05) is 11.7 Å². The molecule has 5 rings (SSSR count). The molecule has 1 unspecified atom stereocenters. The van der Waals surface area contributed by atoms with Gasteiger partial charge in [-0.1, -0.05) is 23.7 Å². The van der Waals surface area contributed by atoms with Crippen LogP contribution < -0.4 is 26.0 Å². The molecule has 39 heavy (non-hydrogen) atoms. The van der Waals surface area contributed by atoms with E-state index in [1.165, 1.54) is 24.6 Å². The predicted molar refractivity (Wildman–Crippen MR) is 157 cm³/mol. The summed E-state index contributed by atoms with van der Waals surface area (Å²) in [7, 11) is -1.88. The molecule has 11 heteroatoms. The summed E-state index contributed by atoms with van der Waals surface area (Å²) in [4.78, 5) is 9.11. The zero-order valence-corrected chi connectivity index (χ0v) is 24.0. The van der Waals surface area contributed by atoms with E-state index < -0.39 is 15.1 Å². The number of sulfone groups is 1. The second kappa shape index (κ2) is 11.6. The van der Waals surface area contributed by atoms with Gasteiger partial charge in [0.1, 0.15) is 10.8 Å². The zero-order valence-electron chi connectivity index (χ0n) is 22.4. The number of aromatic nitrogens is 2. The van der Waals surface area contributed by atoms with Crippen molar-refractivity contribution in [1.29, 1.82) is 0 Å². The number of benzene rings is 2. The molecule has 1 aromatic heterocycles. The monoisotopic (exact) mass is 570 g/mol. The minimum atomic E-state index is -3.52. The smallest absolute Gasteiger partial charge is 0.229 e. The van der Waals surface area contributed by atoms with E-state index in [2.05, 4.69) is 43.4 Å². The first-order chi connectivity index (χ1) is 18.8. The number of fused-ring (bicyclic) bond motifs is 1. The lowest BCUT2D eigenvalue weighted by Crippen LogP contribution is -2.39. The van der Waals surface area contributed by atoms with Gasteiger partial charge >= 0.3 is 0 Å². The SMILES string of the molecule is COc1cc2c(cc1Nc1ncc(Cl)c(Nc3ccccc3S(=O)(=O)C(C)C)n1)NC(C1CCNCC1)CC2. The number of piperidine rings is 1. The van der Waals surface area contributed by atoms with Crippen molar-refractivity contribution in [2.75, 3.05) is 36.1 Å². The normalized spacial score (nSPS) is 17.8. The van der Waals surface area contributed by atoms with Crippen LogP contribution in [0.3, 0.4) is 0 Å². The molecule has 2 aliphatic rings. The van der Waals surface area contributed by atoms with Crippen molar-refractivity contribution in [1.82, 2.24) is 15.3 Å². The van der Waals surface area contributed by atoms with Crippen LogP contribution in [0.25, 0.3) is 0 Å². The largest absolute Gasteiger partial charge is 0.495 e. The molecular formula is C28H35ClN6O3S. The van der Waals surface area contributed by atoms with E-state index in [1.54, 1.807) is 45.2 Å². The number of aryl methyl sites for hydroxylation is 1.